The quantitative estimate of drug-likeness (QED) is 0.682. The van der Waals surface area contributed by atoms with E-state index in [4.69, 9.17) is 5.73 Å². The third-order valence-electron chi connectivity index (χ3n) is 3.04. The number of rotatable bonds is 5. The highest BCUT2D eigenvalue weighted by Crippen LogP contribution is 2.20. The first-order valence-electron chi connectivity index (χ1n) is 5.71. The van der Waals surface area contributed by atoms with Crippen LogP contribution >= 0.6 is 0 Å². The first-order valence-corrected chi connectivity index (χ1v) is 5.71. The highest BCUT2D eigenvalue weighted by molar-refractivity contribution is 5.80. The van der Waals surface area contributed by atoms with Gasteiger partial charge in [-0.15, -0.1) is 0 Å². The van der Waals surface area contributed by atoms with Crippen LogP contribution in [-0.2, 0) is 9.59 Å². The molecule has 2 N–H and O–H groups in total. The summed E-state index contributed by atoms with van der Waals surface area (Å²) in [5.41, 5.74) is 5.37. The Morgan fingerprint density at radius 1 is 1.60 bits per heavy atom. The van der Waals surface area contributed by atoms with Gasteiger partial charge in [-0.05, 0) is 25.8 Å². The molecule has 4 heteroatoms. The average molecular weight is 212 g/mol. The van der Waals surface area contributed by atoms with Crippen molar-refractivity contribution in [2.45, 2.75) is 51.1 Å². The fourth-order valence-electron chi connectivity index (χ4n) is 2.26. The van der Waals surface area contributed by atoms with Gasteiger partial charge in [-0.3, -0.25) is 9.69 Å². The number of likely N-dealkylation sites (tertiary alicyclic amines) is 1. The summed E-state index contributed by atoms with van der Waals surface area (Å²) in [6, 6.07) is -0.367. The number of piperidine rings is 1. The van der Waals surface area contributed by atoms with E-state index in [1.54, 1.807) is 0 Å². The van der Waals surface area contributed by atoms with Gasteiger partial charge in [0.25, 0.3) is 0 Å². The van der Waals surface area contributed by atoms with E-state index in [1.807, 2.05) is 11.8 Å². The Labute approximate surface area is 90.8 Å². The van der Waals surface area contributed by atoms with E-state index < -0.39 is 0 Å². The van der Waals surface area contributed by atoms with E-state index in [-0.39, 0.29) is 18.0 Å². The second kappa shape index (κ2) is 5.85. The molecular formula is C11H20N2O2. The second-order valence-electron chi connectivity index (χ2n) is 4.14. The fraction of sp³-hybridized carbons (Fsp3) is 0.818. The van der Waals surface area contributed by atoms with Crippen molar-refractivity contribution in [1.29, 1.82) is 0 Å². The van der Waals surface area contributed by atoms with Crippen LogP contribution in [0, 0.1) is 0 Å². The summed E-state index contributed by atoms with van der Waals surface area (Å²) in [6.07, 6.45) is 5.59. The molecule has 0 aromatic heterocycles. The van der Waals surface area contributed by atoms with Gasteiger partial charge in [0.05, 0.1) is 12.1 Å². The van der Waals surface area contributed by atoms with Gasteiger partial charge in [-0.25, -0.2) is 0 Å². The number of amides is 1. The Hall–Kier alpha value is -0.900. The molecule has 1 rings (SSSR count). The highest BCUT2D eigenvalue weighted by Gasteiger charge is 2.30. The van der Waals surface area contributed by atoms with E-state index >= 15 is 0 Å². The molecule has 2 unspecified atom stereocenters. The van der Waals surface area contributed by atoms with Crippen molar-refractivity contribution in [2.75, 3.05) is 6.54 Å². The van der Waals surface area contributed by atoms with Crippen molar-refractivity contribution in [3.8, 4) is 0 Å². The fourth-order valence-corrected chi connectivity index (χ4v) is 2.26. The van der Waals surface area contributed by atoms with E-state index in [0.717, 1.165) is 44.9 Å². The summed E-state index contributed by atoms with van der Waals surface area (Å²) in [7, 11) is 0. The number of nitrogens with zero attached hydrogens (tertiary/aromatic N) is 1. The van der Waals surface area contributed by atoms with Gasteiger partial charge in [-0.2, -0.15) is 0 Å². The summed E-state index contributed by atoms with van der Waals surface area (Å²) >= 11 is 0. The maximum atomic E-state index is 11.3. The number of carbonyl (C=O) groups is 2. The summed E-state index contributed by atoms with van der Waals surface area (Å²) in [4.78, 5) is 24.2. The predicted octanol–water partition coefficient (Wildman–Crippen LogP) is 0.694. The van der Waals surface area contributed by atoms with E-state index in [2.05, 4.69) is 0 Å². The Kier molecular flexibility index (Phi) is 4.75. The number of aldehydes is 1. The zero-order valence-corrected chi connectivity index (χ0v) is 9.32. The second-order valence-corrected chi connectivity index (χ2v) is 4.14. The van der Waals surface area contributed by atoms with Gasteiger partial charge in [0.15, 0.2) is 0 Å². The number of primary amides is 1. The largest absolute Gasteiger partial charge is 0.368 e. The summed E-state index contributed by atoms with van der Waals surface area (Å²) in [6.45, 7) is 2.84. The normalized spacial score (nSPS) is 24.7. The first-order chi connectivity index (χ1) is 7.20. The molecule has 1 heterocycles. The molecule has 0 bridgehead atoms. The minimum absolute atomic E-state index is 0.109. The maximum Gasteiger partial charge on any atom is 0.234 e. The standard InChI is InChI=1S/C11H20N2O2/c1-2-5-10(11(12)15)13-7-4-3-6-9(13)8-14/h8-10H,2-7H2,1H3,(H2,12,15). The van der Waals surface area contributed by atoms with Crippen LogP contribution in [0.25, 0.3) is 0 Å². The lowest BCUT2D eigenvalue weighted by Crippen LogP contribution is -2.52. The number of hydrogen-bond acceptors (Lipinski definition) is 3. The molecule has 1 aliphatic heterocycles. The van der Waals surface area contributed by atoms with Gasteiger partial charge in [-0.1, -0.05) is 19.8 Å². The van der Waals surface area contributed by atoms with Crippen LogP contribution in [-0.4, -0.2) is 35.7 Å². The Bertz CT molecular complexity index is 231. The molecule has 2 atom stereocenters. The van der Waals surface area contributed by atoms with Crippen LogP contribution in [0.4, 0.5) is 0 Å². The van der Waals surface area contributed by atoms with Gasteiger partial charge in [0.2, 0.25) is 5.91 Å². The average Bonchev–Trinajstić information content (AvgIpc) is 2.25. The van der Waals surface area contributed by atoms with Gasteiger partial charge < -0.3 is 10.5 Å². The lowest BCUT2D eigenvalue weighted by molar-refractivity contribution is -0.127. The lowest BCUT2D eigenvalue weighted by atomic mass is 9.98. The molecule has 0 aromatic carbocycles. The van der Waals surface area contributed by atoms with E-state index in [1.165, 1.54) is 0 Å². The van der Waals surface area contributed by atoms with Crippen molar-refractivity contribution in [3.05, 3.63) is 0 Å². The Morgan fingerprint density at radius 3 is 2.87 bits per heavy atom. The van der Waals surface area contributed by atoms with Crippen molar-refractivity contribution in [1.82, 2.24) is 4.90 Å². The predicted molar refractivity (Wildman–Crippen MR) is 58.3 cm³/mol. The molecule has 4 nitrogen and oxygen atoms in total. The van der Waals surface area contributed by atoms with Crippen LogP contribution in [0.15, 0.2) is 0 Å². The number of hydrogen-bond donors (Lipinski definition) is 1. The molecule has 0 aromatic rings. The van der Waals surface area contributed by atoms with Gasteiger partial charge in [0.1, 0.15) is 6.29 Å². The summed E-state index contributed by atoms with van der Waals surface area (Å²) in [5, 5.41) is 0. The Morgan fingerprint density at radius 2 is 2.33 bits per heavy atom. The molecule has 1 fully saturated rings. The summed E-state index contributed by atoms with van der Waals surface area (Å²) < 4.78 is 0. The minimum atomic E-state index is -0.300. The molecule has 0 spiro atoms. The smallest absolute Gasteiger partial charge is 0.234 e. The molecule has 1 amide bonds. The van der Waals surface area contributed by atoms with E-state index in [9.17, 15) is 9.59 Å². The van der Waals surface area contributed by atoms with Crippen LogP contribution in [0.2, 0.25) is 0 Å². The molecule has 1 aliphatic rings. The maximum absolute atomic E-state index is 11.3. The summed E-state index contributed by atoms with van der Waals surface area (Å²) in [5.74, 6) is -0.300. The third kappa shape index (κ3) is 3.02. The van der Waals surface area contributed by atoms with Crippen molar-refractivity contribution in [2.24, 2.45) is 5.73 Å². The van der Waals surface area contributed by atoms with Crippen molar-refractivity contribution < 1.29 is 9.59 Å². The SMILES string of the molecule is CCCC(C(N)=O)N1CCCCC1C=O. The van der Waals surface area contributed by atoms with Crippen molar-refractivity contribution >= 4 is 12.2 Å². The topological polar surface area (TPSA) is 63.4 Å². The molecule has 1 saturated heterocycles. The molecule has 15 heavy (non-hydrogen) atoms. The monoisotopic (exact) mass is 212 g/mol. The minimum Gasteiger partial charge on any atom is -0.368 e. The van der Waals surface area contributed by atoms with Crippen LogP contribution in [0.1, 0.15) is 39.0 Å². The zero-order chi connectivity index (χ0) is 11.3. The van der Waals surface area contributed by atoms with Crippen LogP contribution in [0.3, 0.4) is 0 Å². The highest BCUT2D eigenvalue weighted by atomic mass is 16.1. The van der Waals surface area contributed by atoms with E-state index in [0.29, 0.717) is 0 Å². The van der Waals surface area contributed by atoms with Gasteiger partial charge in [0, 0.05) is 0 Å². The number of nitrogens with two attached hydrogens (primary N) is 1. The van der Waals surface area contributed by atoms with Gasteiger partial charge >= 0.3 is 0 Å². The van der Waals surface area contributed by atoms with Crippen LogP contribution < -0.4 is 5.73 Å². The van der Waals surface area contributed by atoms with Crippen molar-refractivity contribution in [3.63, 3.8) is 0 Å². The Balaban J connectivity index is 2.70. The molecule has 0 saturated carbocycles. The first kappa shape index (κ1) is 12.2. The third-order valence-corrected chi connectivity index (χ3v) is 3.04. The van der Waals surface area contributed by atoms with Crippen LogP contribution in [0.5, 0.6) is 0 Å². The molecular weight excluding hydrogens is 192 g/mol. The zero-order valence-electron chi connectivity index (χ0n) is 9.32. The lowest BCUT2D eigenvalue weighted by Gasteiger charge is -2.37. The molecule has 0 aliphatic carbocycles. The number of carbonyl (C=O) groups excluding carboxylic acids is 2. The molecule has 0 radical (unpaired) electrons. The molecule has 86 valence electrons.